The van der Waals surface area contributed by atoms with Crippen LogP contribution in [0.15, 0.2) is 16.6 Å². The van der Waals surface area contributed by atoms with Crippen molar-refractivity contribution in [3.8, 4) is 12.3 Å². The van der Waals surface area contributed by atoms with Gasteiger partial charge in [-0.3, -0.25) is 4.79 Å². The van der Waals surface area contributed by atoms with Crippen molar-refractivity contribution in [2.24, 2.45) is 5.73 Å². The third kappa shape index (κ3) is 3.62. The van der Waals surface area contributed by atoms with E-state index < -0.39 is 11.9 Å². The summed E-state index contributed by atoms with van der Waals surface area (Å²) in [5.74, 6) is 1.92. The van der Waals surface area contributed by atoms with Gasteiger partial charge in [0.05, 0.1) is 21.8 Å². The van der Waals surface area contributed by atoms with E-state index in [2.05, 4.69) is 27.2 Å². The highest BCUT2D eigenvalue weighted by Gasteiger charge is 2.15. The number of benzene rings is 1. The number of rotatable bonds is 3. The Morgan fingerprint density at radius 1 is 1.53 bits per heavy atom. The molecule has 0 aliphatic rings. The van der Waals surface area contributed by atoms with Gasteiger partial charge in [-0.25, -0.2) is 0 Å². The minimum atomic E-state index is -0.765. The fraction of sp³-hybridized carbons (Fsp3) is 0.182. The Balaban J connectivity index is 2.87. The van der Waals surface area contributed by atoms with Gasteiger partial charge in [0, 0.05) is 10.9 Å². The van der Waals surface area contributed by atoms with E-state index in [1.54, 1.807) is 12.1 Å². The van der Waals surface area contributed by atoms with Crippen molar-refractivity contribution < 1.29 is 4.79 Å². The van der Waals surface area contributed by atoms with Crippen LogP contribution in [0.4, 0.5) is 5.69 Å². The highest BCUT2D eigenvalue weighted by molar-refractivity contribution is 9.10. The van der Waals surface area contributed by atoms with Crippen LogP contribution in [0.5, 0.6) is 0 Å². The fourth-order valence-electron chi connectivity index (χ4n) is 1.07. The first-order valence-corrected chi connectivity index (χ1v) is 6.15. The molecule has 0 aliphatic heterocycles. The first-order chi connectivity index (χ1) is 7.97. The molecule has 0 radical (unpaired) electrons. The molecule has 1 aromatic rings. The van der Waals surface area contributed by atoms with E-state index >= 15 is 0 Å². The van der Waals surface area contributed by atoms with Gasteiger partial charge in [0.1, 0.15) is 0 Å². The van der Waals surface area contributed by atoms with Crippen molar-refractivity contribution >= 4 is 50.7 Å². The van der Waals surface area contributed by atoms with Crippen LogP contribution in [-0.2, 0) is 4.79 Å². The van der Waals surface area contributed by atoms with Crippen LogP contribution in [-0.4, -0.2) is 11.9 Å². The molecule has 3 nitrogen and oxygen atoms in total. The van der Waals surface area contributed by atoms with Crippen LogP contribution in [0.25, 0.3) is 0 Å². The Morgan fingerprint density at radius 3 is 2.76 bits per heavy atom. The Hall–Kier alpha value is -0.730. The van der Waals surface area contributed by atoms with Crippen molar-refractivity contribution in [1.82, 2.24) is 0 Å². The Bertz CT molecular complexity index is 485. The van der Waals surface area contributed by atoms with E-state index in [4.69, 9.17) is 35.4 Å². The van der Waals surface area contributed by atoms with Crippen molar-refractivity contribution in [2.45, 2.75) is 12.5 Å². The minimum absolute atomic E-state index is 0.160. The topological polar surface area (TPSA) is 55.1 Å². The zero-order chi connectivity index (χ0) is 13.0. The highest BCUT2D eigenvalue weighted by Crippen LogP contribution is 2.35. The number of hydrogen-bond acceptors (Lipinski definition) is 2. The van der Waals surface area contributed by atoms with Crippen LogP contribution in [0.2, 0.25) is 10.0 Å². The van der Waals surface area contributed by atoms with Gasteiger partial charge in [-0.2, -0.15) is 0 Å². The molecule has 0 aromatic heterocycles. The molecule has 90 valence electrons. The second-order valence-corrected chi connectivity index (χ2v) is 4.84. The summed E-state index contributed by atoms with van der Waals surface area (Å²) in [6.45, 7) is 0. The van der Waals surface area contributed by atoms with E-state index in [-0.39, 0.29) is 11.4 Å². The lowest BCUT2D eigenvalue weighted by molar-refractivity contribution is -0.117. The zero-order valence-electron chi connectivity index (χ0n) is 8.64. The van der Waals surface area contributed by atoms with Gasteiger partial charge in [-0.15, -0.1) is 12.3 Å². The molecule has 6 heteroatoms. The maximum Gasteiger partial charge on any atom is 0.242 e. The molecule has 0 saturated heterocycles. The number of nitrogens with two attached hydrogens (primary N) is 1. The van der Waals surface area contributed by atoms with E-state index in [1.807, 2.05) is 0 Å². The van der Waals surface area contributed by atoms with Crippen LogP contribution >= 0.6 is 39.1 Å². The molecule has 1 atom stereocenters. The van der Waals surface area contributed by atoms with Gasteiger partial charge in [0.15, 0.2) is 0 Å². The van der Waals surface area contributed by atoms with E-state index in [0.29, 0.717) is 15.2 Å². The first kappa shape index (κ1) is 14.3. The maximum absolute atomic E-state index is 11.6. The number of hydrogen-bond donors (Lipinski definition) is 2. The third-order valence-electron chi connectivity index (χ3n) is 1.97. The molecule has 0 aliphatic carbocycles. The Labute approximate surface area is 118 Å². The number of anilines is 1. The van der Waals surface area contributed by atoms with Crippen LogP contribution in [0.3, 0.4) is 0 Å². The number of halogens is 3. The van der Waals surface area contributed by atoms with Gasteiger partial charge in [0.2, 0.25) is 5.91 Å². The molecule has 0 bridgehead atoms. The quantitative estimate of drug-likeness (QED) is 0.659. The van der Waals surface area contributed by atoms with E-state index in [1.165, 1.54) is 0 Å². The second kappa shape index (κ2) is 6.27. The van der Waals surface area contributed by atoms with Crippen molar-refractivity contribution in [3.05, 3.63) is 26.7 Å². The average molecular weight is 336 g/mol. The summed E-state index contributed by atoms with van der Waals surface area (Å²) < 4.78 is 0.648. The summed E-state index contributed by atoms with van der Waals surface area (Å²) in [6, 6.07) is 2.54. The summed E-state index contributed by atoms with van der Waals surface area (Å²) in [4.78, 5) is 11.6. The maximum atomic E-state index is 11.6. The fourth-order valence-corrected chi connectivity index (χ4v) is 1.89. The van der Waals surface area contributed by atoms with Crippen molar-refractivity contribution in [3.63, 3.8) is 0 Å². The monoisotopic (exact) mass is 334 g/mol. The van der Waals surface area contributed by atoms with Gasteiger partial charge in [-0.1, -0.05) is 23.2 Å². The number of amides is 1. The van der Waals surface area contributed by atoms with Crippen LogP contribution in [0, 0.1) is 12.3 Å². The largest absolute Gasteiger partial charge is 0.323 e. The number of terminal acetylenes is 1. The molecular weight excluding hydrogens is 327 g/mol. The lowest BCUT2D eigenvalue weighted by Gasteiger charge is -2.12. The summed E-state index contributed by atoms with van der Waals surface area (Å²) in [7, 11) is 0. The lowest BCUT2D eigenvalue weighted by Crippen LogP contribution is -2.35. The average Bonchev–Trinajstić information content (AvgIpc) is 2.30. The molecule has 0 spiro atoms. The molecule has 0 heterocycles. The molecule has 1 rings (SSSR count). The molecule has 3 N–H and O–H groups in total. The molecule has 1 amide bonds. The molecule has 0 fully saturated rings. The van der Waals surface area contributed by atoms with E-state index in [9.17, 15) is 4.79 Å². The highest BCUT2D eigenvalue weighted by atomic mass is 79.9. The number of nitrogens with one attached hydrogen (secondary N) is 1. The molecule has 1 unspecified atom stereocenters. The number of carbonyl (C=O) groups is 1. The van der Waals surface area contributed by atoms with E-state index in [0.717, 1.165) is 0 Å². The molecular formula is C11H9BrCl2N2O. The van der Waals surface area contributed by atoms with Gasteiger partial charge in [-0.05, 0) is 28.1 Å². The minimum Gasteiger partial charge on any atom is -0.323 e. The second-order valence-electron chi connectivity index (χ2n) is 3.23. The van der Waals surface area contributed by atoms with Crippen molar-refractivity contribution in [2.75, 3.05) is 5.32 Å². The van der Waals surface area contributed by atoms with Crippen molar-refractivity contribution in [1.29, 1.82) is 0 Å². The summed E-state index contributed by atoms with van der Waals surface area (Å²) in [5.41, 5.74) is 5.95. The SMILES string of the molecule is C#CCC(N)C(=O)Nc1ccc(Br)c(Cl)c1Cl. The normalized spacial score (nSPS) is 11.7. The predicted octanol–water partition coefficient (Wildman–Crippen LogP) is 3.04. The van der Waals surface area contributed by atoms with Crippen LogP contribution < -0.4 is 11.1 Å². The molecule has 1 aromatic carbocycles. The Kier molecular flexibility index (Phi) is 5.29. The smallest absolute Gasteiger partial charge is 0.242 e. The number of carbonyl (C=O) groups excluding carboxylic acids is 1. The summed E-state index contributed by atoms with van der Waals surface area (Å²) in [5, 5.41) is 3.15. The van der Waals surface area contributed by atoms with Gasteiger partial charge < -0.3 is 11.1 Å². The molecule has 17 heavy (non-hydrogen) atoms. The third-order valence-corrected chi connectivity index (χ3v) is 3.74. The predicted molar refractivity (Wildman–Crippen MR) is 74.2 cm³/mol. The summed E-state index contributed by atoms with van der Waals surface area (Å²) >= 11 is 15.1. The zero-order valence-corrected chi connectivity index (χ0v) is 11.7. The standard InChI is InChI=1S/C11H9BrCl2N2O/c1-2-3-7(15)11(17)16-8-5-4-6(12)9(13)10(8)14/h1,4-5,7H,3,15H2,(H,16,17). The Morgan fingerprint density at radius 2 is 2.18 bits per heavy atom. The lowest BCUT2D eigenvalue weighted by atomic mass is 10.2. The first-order valence-electron chi connectivity index (χ1n) is 4.60. The van der Waals surface area contributed by atoms with Gasteiger partial charge in [0.25, 0.3) is 0 Å². The van der Waals surface area contributed by atoms with Gasteiger partial charge >= 0.3 is 0 Å². The summed E-state index contributed by atoms with van der Waals surface area (Å²) in [6.07, 6.45) is 5.23. The van der Waals surface area contributed by atoms with Crippen LogP contribution in [0.1, 0.15) is 6.42 Å². The molecule has 0 saturated carbocycles.